The van der Waals surface area contributed by atoms with Gasteiger partial charge in [-0.15, -0.1) is 11.8 Å². The number of hydrogen-bond donors (Lipinski definition) is 2. The highest BCUT2D eigenvalue weighted by Gasteiger charge is 2.51. The SMILES string of the molecule is O=C1CCCC2(C1)NNC1(CCC(C3CCCCC3)CC1)S2. The Morgan fingerprint density at radius 1 is 0.818 bits per heavy atom. The highest BCUT2D eigenvalue weighted by molar-refractivity contribution is 8.02. The van der Waals surface area contributed by atoms with Crippen LogP contribution in [0.3, 0.4) is 0 Å². The smallest absolute Gasteiger partial charge is 0.135 e. The first-order valence-electron chi connectivity index (χ1n) is 9.45. The first-order valence-corrected chi connectivity index (χ1v) is 10.3. The fourth-order valence-electron chi connectivity index (χ4n) is 5.32. The highest BCUT2D eigenvalue weighted by Crippen LogP contribution is 2.53. The molecule has 3 aliphatic carbocycles. The number of nitrogens with one attached hydrogen (secondary N) is 2. The second-order valence-corrected chi connectivity index (χ2v) is 9.91. The van der Waals surface area contributed by atoms with Gasteiger partial charge in [-0.1, -0.05) is 32.1 Å². The molecule has 4 fully saturated rings. The van der Waals surface area contributed by atoms with Crippen molar-refractivity contribution in [2.24, 2.45) is 11.8 Å². The van der Waals surface area contributed by atoms with Crippen LogP contribution in [0, 0.1) is 11.8 Å². The largest absolute Gasteiger partial charge is 0.300 e. The second kappa shape index (κ2) is 6.10. The molecule has 2 N–H and O–H groups in total. The molecule has 3 nitrogen and oxygen atoms in total. The molecule has 0 bridgehead atoms. The van der Waals surface area contributed by atoms with Gasteiger partial charge in [0.1, 0.15) is 5.78 Å². The molecule has 0 aromatic heterocycles. The van der Waals surface area contributed by atoms with Crippen LogP contribution in [0.4, 0.5) is 0 Å². The lowest BCUT2D eigenvalue weighted by Gasteiger charge is -2.41. The molecular formula is C18H30N2OS. The number of rotatable bonds is 1. The molecule has 0 radical (unpaired) electrons. The van der Waals surface area contributed by atoms with Gasteiger partial charge in [0, 0.05) is 12.8 Å². The molecule has 22 heavy (non-hydrogen) atoms. The molecule has 0 amide bonds. The fraction of sp³-hybridized carbons (Fsp3) is 0.944. The van der Waals surface area contributed by atoms with E-state index in [1.165, 1.54) is 57.8 Å². The van der Waals surface area contributed by atoms with E-state index >= 15 is 0 Å². The average Bonchev–Trinajstić information content (AvgIpc) is 2.86. The summed E-state index contributed by atoms with van der Waals surface area (Å²) < 4.78 is 0. The van der Waals surface area contributed by atoms with Gasteiger partial charge in [0.05, 0.1) is 9.74 Å². The third-order valence-corrected chi connectivity index (χ3v) is 8.32. The van der Waals surface area contributed by atoms with Crippen molar-refractivity contribution >= 4 is 17.5 Å². The van der Waals surface area contributed by atoms with E-state index in [9.17, 15) is 4.79 Å². The summed E-state index contributed by atoms with van der Waals surface area (Å²) >= 11 is 2.07. The Labute approximate surface area is 138 Å². The third kappa shape index (κ3) is 2.99. The van der Waals surface area contributed by atoms with Crippen LogP contribution in [0.5, 0.6) is 0 Å². The summed E-state index contributed by atoms with van der Waals surface area (Å²) in [6, 6.07) is 0. The van der Waals surface area contributed by atoms with E-state index in [2.05, 4.69) is 22.6 Å². The van der Waals surface area contributed by atoms with Crippen LogP contribution >= 0.6 is 11.8 Å². The summed E-state index contributed by atoms with van der Waals surface area (Å²) in [5, 5.41) is 0. The van der Waals surface area contributed by atoms with E-state index in [1.807, 2.05) is 0 Å². The molecule has 1 heterocycles. The van der Waals surface area contributed by atoms with Gasteiger partial charge in [-0.05, 0) is 50.4 Å². The summed E-state index contributed by atoms with van der Waals surface area (Å²) in [6.07, 6.45) is 16.4. The Bertz CT molecular complexity index is 427. The number of thioether (sulfide) groups is 1. The zero-order valence-electron chi connectivity index (χ0n) is 13.7. The van der Waals surface area contributed by atoms with Gasteiger partial charge in [0.25, 0.3) is 0 Å². The molecule has 1 atom stereocenters. The average molecular weight is 323 g/mol. The fourth-order valence-corrected chi connectivity index (χ4v) is 7.19. The van der Waals surface area contributed by atoms with E-state index in [4.69, 9.17) is 0 Å². The van der Waals surface area contributed by atoms with E-state index in [0.29, 0.717) is 5.78 Å². The van der Waals surface area contributed by atoms with Gasteiger partial charge in [-0.3, -0.25) is 4.79 Å². The van der Waals surface area contributed by atoms with Gasteiger partial charge in [-0.25, -0.2) is 10.9 Å². The maximum Gasteiger partial charge on any atom is 0.135 e. The molecule has 1 saturated heterocycles. The molecule has 4 rings (SSSR count). The Morgan fingerprint density at radius 3 is 2.23 bits per heavy atom. The molecule has 1 aliphatic heterocycles. The highest BCUT2D eigenvalue weighted by atomic mass is 32.2. The molecular weight excluding hydrogens is 292 g/mol. The van der Waals surface area contributed by atoms with E-state index in [1.54, 1.807) is 0 Å². The van der Waals surface area contributed by atoms with Crippen LogP contribution in [0.25, 0.3) is 0 Å². The van der Waals surface area contributed by atoms with Gasteiger partial charge < -0.3 is 0 Å². The first-order chi connectivity index (χ1) is 10.7. The number of carbonyl (C=O) groups excluding carboxylic acids is 1. The molecule has 1 unspecified atom stereocenters. The van der Waals surface area contributed by atoms with Crippen LogP contribution in [0.15, 0.2) is 0 Å². The normalized spacial score (nSPS) is 44.0. The summed E-state index contributed by atoms with van der Waals surface area (Å²) in [5.41, 5.74) is 7.19. The zero-order chi connectivity index (χ0) is 15.0. The van der Waals surface area contributed by atoms with Crippen LogP contribution < -0.4 is 10.9 Å². The lowest BCUT2D eigenvalue weighted by molar-refractivity contribution is -0.121. The zero-order valence-corrected chi connectivity index (χ0v) is 14.5. The number of hydrazine groups is 1. The molecule has 0 aromatic carbocycles. The third-order valence-electron chi connectivity index (χ3n) is 6.58. The molecule has 4 heteroatoms. The Hall–Kier alpha value is -0.0600. The van der Waals surface area contributed by atoms with Gasteiger partial charge >= 0.3 is 0 Å². The van der Waals surface area contributed by atoms with Gasteiger partial charge in [-0.2, -0.15) is 0 Å². The topological polar surface area (TPSA) is 41.1 Å². The van der Waals surface area contributed by atoms with E-state index in [0.717, 1.165) is 37.5 Å². The second-order valence-electron chi connectivity index (χ2n) is 8.15. The summed E-state index contributed by atoms with van der Waals surface area (Å²) in [7, 11) is 0. The van der Waals surface area contributed by atoms with Crippen LogP contribution in [-0.2, 0) is 4.79 Å². The van der Waals surface area contributed by atoms with Crippen molar-refractivity contribution in [3.63, 3.8) is 0 Å². The van der Waals surface area contributed by atoms with Crippen molar-refractivity contribution < 1.29 is 4.79 Å². The van der Waals surface area contributed by atoms with Crippen molar-refractivity contribution in [2.45, 2.75) is 93.2 Å². The first kappa shape index (κ1) is 15.5. The standard InChI is InChI=1S/C18H30N2OS/c21-16-7-4-10-18(13-16)20-19-17(22-18)11-8-15(9-12-17)14-5-2-1-3-6-14/h14-15,19-20H,1-13H2. The predicted octanol–water partition coefficient (Wildman–Crippen LogP) is 4.13. The quantitative estimate of drug-likeness (QED) is 0.761. The number of carbonyl (C=O) groups is 1. The molecule has 0 aromatic rings. The van der Waals surface area contributed by atoms with Crippen LogP contribution in [-0.4, -0.2) is 15.5 Å². The minimum atomic E-state index is 0.00695. The number of ketones is 1. The summed E-state index contributed by atoms with van der Waals surface area (Å²) in [5.74, 6) is 2.43. The minimum absolute atomic E-state index is 0.00695. The monoisotopic (exact) mass is 322 g/mol. The summed E-state index contributed by atoms with van der Waals surface area (Å²) in [4.78, 5) is 12.1. The van der Waals surface area contributed by atoms with Crippen LogP contribution in [0.2, 0.25) is 0 Å². The summed E-state index contributed by atoms with van der Waals surface area (Å²) in [6.45, 7) is 0. The molecule has 3 saturated carbocycles. The van der Waals surface area contributed by atoms with E-state index < -0.39 is 0 Å². The lowest BCUT2D eigenvalue weighted by Crippen LogP contribution is -2.49. The van der Waals surface area contributed by atoms with Crippen molar-refractivity contribution in [2.75, 3.05) is 0 Å². The Morgan fingerprint density at radius 2 is 1.50 bits per heavy atom. The van der Waals surface area contributed by atoms with Gasteiger partial charge in [0.15, 0.2) is 0 Å². The van der Waals surface area contributed by atoms with Crippen LogP contribution in [0.1, 0.15) is 83.5 Å². The number of Topliss-reactive ketones (excluding diaryl/α,β-unsaturated/α-hetero) is 1. The maximum atomic E-state index is 11.9. The van der Waals surface area contributed by atoms with Crippen molar-refractivity contribution in [1.82, 2.24) is 10.9 Å². The van der Waals surface area contributed by atoms with Crippen molar-refractivity contribution in [3.05, 3.63) is 0 Å². The lowest BCUT2D eigenvalue weighted by atomic mass is 9.72. The minimum Gasteiger partial charge on any atom is -0.300 e. The maximum absolute atomic E-state index is 11.9. The molecule has 2 spiro atoms. The van der Waals surface area contributed by atoms with Crippen molar-refractivity contribution in [1.29, 1.82) is 0 Å². The predicted molar refractivity (Wildman–Crippen MR) is 91.3 cm³/mol. The van der Waals surface area contributed by atoms with E-state index in [-0.39, 0.29) is 9.74 Å². The molecule has 4 aliphatic rings. The number of hydrogen-bond acceptors (Lipinski definition) is 4. The van der Waals surface area contributed by atoms with Gasteiger partial charge in [0.2, 0.25) is 0 Å². The Kier molecular flexibility index (Phi) is 4.29. The Balaban J connectivity index is 1.36. The molecule has 124 valence electrons. The van der Waals surface area contributed by atoms with Crippen molar-refractivity contribution in [3.8, 4) is 0 Å².